The molecule has 5 rings (SSSR count). The molecule has 0 fully saturated rings. The zero-order valence-corrected chi connectivity index (χ0v) is 19.1. The van der Waals surface area contributed by atoms with E-state index < -0.39 is 16.9 Å². The van der Waals surface area contributed by atoms with Crippen LogP contribution >= 0.6 is 11.6 Å². The van der Waals surface area contributed by atoms with Gasteiger partial charge in [0.25, 0.3) is 11.6 Å². The molecule has 1 aliphatic rings. The minimum atomic E-state index is -0.776. The maximum absolute atomic E-state index is 13.7. The fraction of sp³-hybridized carbons (Fsp3) is 0.154. The third-order valence-corrected chi connectivity index (χ3v) is 6.67. The summed E-state index contributed by atoms with van der Waals surface area (Å²) in [6.07, 6.45) is 0. The first-order valence-corrected chi connectivity index (χ1v) is 11.0. The highest BCUT2D eigenvalue weighted by atomic mass is 35.5. The Kier molecular flexibility index (Phi) is 5.21. The van der Waals surface area contributed by atoms with Gasteiger partial charge in [0, 0.05) is 23.7 Å². The first kappa shape index (κ1) is 21.9. The molecule has 3 aromatic carbocycles. The minimum absolute atomic E-state index is 0.0174. The van der Waals surface area contributed by atoms with Crippen LogP contribution in [-0.2, 0) is 6.54 Å². The molecule has 7 nitrogen and oxygen atoms in total. The molecule has 1 aliphatic heterocycles. The topological polar surface area (TPSA) is 93.7 Å². The summed E-state index contributed by atoms with van der Waals surface area (Å²) < 4.78 is 6.01. The maximum Gasteiger partial charge on any atom is 0.291 e. The van der Waals surface area contributed by atoms with Crippen LogP contribution in [0.4, 0.5) is 5.69 Å². The van der Waals surface area contributed by atoms with Crippen LogP contribution in [0.1, 0.15) is 44.4 Å². The number of benzene rings is 3. The van der Waals surface area contributed by atoms with Gasteiger partial charge in [-0.3, -0.25) is 19.7 Å². The monoisotopic (exact) mass is 474 g/mol. The van der Waals surface area contributed by atoms with Gasteiger partial charge >= 0.3 is 0 Å². The summed E-state index contributed by atoms with van der Waals surface area (Å²) >= 11 is 6.36. The number of rotatable bonds is 4. The Hall–Kier alpha value is -3.97. The van der Waals surface area contributed by atoms with Crippen molar-refractivity contribution in [2.75, 3.05) is 0 Å². The summed E-state index contributed by atoms with van der Waals surface area (Å²) in [5.41, 5.74) is 3.36. The van der Waals surface area contributed by atoms with Crippen LogP contribution in [0.15, 0.2) is 69.9 Å². The van der Waals surface area contributed by atoms with E-state index >= 15 is 0 Å². The Balaban J connectivity index is 1.74. The fourth-order valence-electron chi connectivity index (χ4n) is 4.37. The standard InChI is InChI=1S/C26H19ClN2O5/c1-14-11-19-21(12-15(14)2)34-25-22(24(19)30)23(16-7-9-18(10-8-16)29(32)33)28(26(25)31)13-17-5-3-4-6-20(17)27/h3-12,23H,13H2,1-2H3. The van der Waals surface area contributed by atoms with E-state index in [-0.39, 0.29) is 29.0 Å². The van der Waals surface area contributed by atoms with Crippen LogP contribution in [0.2, 0.25) is 5.02 Å². The van der Waals surface area contributed by atoms with Crippen LogP contribution in [0.25, 0.3) is 11.0 Å². The van der Waals surface area contributed by atoms with Crippen LogP contribution in [0.5, 0.6) is 0 Å². The average molecular weight is 475 g/mol. The van der Waals surface area contributed by atoms with Gasteiger partial charge in [0.05, 0.1) is 21.9 Å². The second-order valence-corrected chi connectivity index (χ2v) is 8.79. The Morgan fingerprint density at radius 1 is 1.03 bits per heavy atom. The zero-order chi connectivity index (χ0) is 24.1. The molecular weight excluding hydrogens is 456 g/mol. The van der Waals surface area contributed by atoms with Crippen molar-refractivity contribution in [3.8, 4) is 0 Å². The smallest absolute Gasteiger partial charge is 0.291 e. The van der Waals surface area contributed by atoms with E-state index in [9.17, 15) is 19.7 Å². The van der Waals surface area contributed by atoms with Crippen molar-refractivity contribution in [2.45, 2.75) is 26.4 Å². The molecule has 0 N–H and O–H groups in total. The molecule has 0 aliphatic carbocycles. The molecule has 0 spiro atoms. The van der Waals surface area contributed by atoms with E-state index in [2.05, 4.69) is 0 Å². The number of halogens is 1. The number of fused-ring (bicyclic) bond motifs is 2. The van der Waals surface area contributed by atoms with Gasteiger partial charge < -0.3 is 9.32 Å². The normalized spacial score (nSPS) is 15.1. The number of nitro groups is 1. The van der Waals surface area contributed by atoms with Crippen LogP contribution in [0, 0.1) is 24.0 Å². The molecule has 1 aromatic heterocycles. The van der Waals surface area contributed by atoms with Gasteiger partial charge in [-0.05, 0) is 66.4 Å². The number of nitro benzene ring substituents is 1. The van der Waals surface area contributed by atoms with Crippen molar-refractivity contribution in [1.82, 2.24) is 4.90 Å². The Morgan fingerprint density at radius 2 is 1.71 bits per heavy atom. The largest absolute Gasteiger partial charge is 0.450 e. The van der Waals surface area contributed by atoms with E-state index in [1.807, 2.05) is 26.0 Å². The number of hydrogen-bond donors (Lipinski definition) is 0. The molecule has 1 unspecified atom stereocenters. The van der Waals surface area contributed by atoms with Crippen molar-refractivity contribution in [2.24, 2.45) is 0 Å². The van der Waals surface area contributed by atoms with E-state index in [4.69, 9.17) is 16.0 Å². The number of nitrogens with zero attached hydrogens (tertiary/aromatic N) is 2. The quantitative estimate of drug-likeness (QED) is 0.278. The first-order chi connectivity index (χ1) is 16.3. The number of amides is 1. The third kappa shape index (κ3) is 3.45. The molecule has 0 bridgehead atoms. The molecule has 0 saturated heterocycles. The van der Waals surface area contributed by atoms with Crippen molar-refractivity contribution in [3.05, 3.63) is 120 Å². The van der Waals surface area contributed by atoms with E-state index in [0.717, 1.165) is 11.1 Å². The van der Waals surface area contributed by atoms with Crippen molar-refractivity contribution in [3.63, 3.8) is 0 Å². The molecule has 2 heterocycles. The van der Waals surface area contributed by atoms with Gasteiger partial charge in [-0.15, -0.1) is 0 Å². The molecule has 8 heteroatoms. The van der Waals surface area contributed by atoms with Gasteiger partial charge in [-0.25, -0.2) is 0 Å². The first-order valence-electron chi connectivity index (χ1n) is 10.6. The third-order valence-electron chi connectivity index (χ3n) is 6.30. The molecule has 1 amide bonds. The average Bonchev–Trinajstić information content (AvgIpc) is 3.08. The number of non-ortho nitro benzene ring substituents is 1. The van der Waals surface area contributed by atoms with Gasteiger partial charge in [-0.1, -0.05) is 29.8 Å². The molecule has 1 atom stereocenters. The highest BCUT2D eigenvalue weighted by molar-refractivity contribution is 6.31. The fourth-order valence-corrected chi connectivity index (χ4v) is 4.57. The Bertz CT molecular complexity index is 1540. The molecule has 0 saturated carbocycles. The lowest BCUT2D eigenvalue weighted by molar-refractivity contribution is -0.384. The van der Waals surface area contributed by atoms with Crippen LogP contribution in [0.3, 0.4) is 0 Å². The van der Waals surface area contributed by atoms with Gasteiger partial charge in [-0.2, -0.15) is 0 Å². The van der Waals surface area contributed by atoms with Crippen molar-refractivity contribution >= 4 is 34.2 Å². The van der Waals surface area contributed by atoms with E-state index in [1.54, 1.807) is 36.4 Å². The zero-order valence-electron chi connectivity index (χ0n) is 18.4. The summed E-state index contributed by atoms with van der Waals surface area (Å²) in [6.45, 7) is 3.95. The Labute approximate surface area is 199 Å². The van der Waals surface area contributed by atoms with Crippen molar-refractivity contribution in [1.29, 1.82) is 0 Å². The maximum atomic E-state index is 13.7. The molecule has 34 heavy (non-hydrogen) atoms. The second kappa shape index (κ2) is 8.11. The lowest BCUT2D eigenvalue weighted by atomic mass is 9.97. The molecule has 0 radical (unpaired) electrons. The van der Waals surface area contributed by atoms with E-state index in [0.29, 0.717) is 27.1 Å². The lowest BCUT2D eigenvalue weighted by Gasteiger charge is -2.25. The molecule has 170 valence electrons. The summed E-state index contributed by atoms with van der Waals surface area (Å²) in [5, 5.41) is 12.0. The van der Waals surface area contributed by atoms with E-state index in [1.165, 1.54) is 17.0 Å². The van der Waals surface area contributed by atoms with Gasteiger partial charge in [0.2, 0.25) is 5.76 Å². The van der Waals surface area contributed by atoms with Crippen molar-refractivity contribution < 1.29 is 14.1 Å². The summed E-state index contributed by atoms with van der Waals surface area (Å²) in [4.78, 5) is 39.4. The second-order valence-electron chi connectivity index (χ2n) is 8.38. The van der Waals surface area contributed by atoms with Gasteiger partial charge in [0.15, 0.2) is 5.43 Å². The number of aryl methyl sites for hydroxylation is 2. The summed E-state index contributed by atoms with van der Waals surface area (Å²) in [6, 6.07) is 15.8. The predicted molar refractivity (Wildman–Crippen MR) is 128 cm³/mol. The number of carbonyl (C=O) groups excluding carboxylic acids is 1. The highest BCUT2D eigenvalue weighted by Crippen LogP contribution is 2.40. The SMILES string of the molecule is Cc1cc2oc3c(c(=O)c2cc1C)C(c1ccc([N+](=O)[O-])cc1)N(Cc1ccccc1Cl)C3=O. The molecule has 4 aromatic rings. The van der Waals surface area contributed by atoms with Crippen LogP contribution in [-0.4, -0.2) is 15.7 Å². The lowest BCUT2D eigenvalue weighted by Crippen LogP contribution is -2.29. The summed E-state index contributed by atoms with van der Waals surface area (Å²) in [5.74, 6) is -0.452. The number of hydrogen-bond acceptors (Lipinski definition) is 5. The molecular formula is C26H19ClN2O5. The predicted octanol–water partition coefficient (Wildman–Crippen LogP) is 5.72. The Morgan fingerprint density at radius 3 is 2.38 bits per heavy atom. The summed E-state index contributed by atoms with van der Waals surface area (Å²) in [7, 11) is 0. The van der Waals surface area contributed by atoms with Crippen LogP contribution < -0.4 is 5.43 Å². The highest BCUT2D eigenvalue weighted by Gasteiger charge is 2.43. The minimum Gasteiger partial charge on any atom is -0.450 e. The number of carbonyl (C=O) groups is 1. The van der Waals surface area contributed by atoms with Gasteiger partial charge in [0.1, 0.15) is 5.58 Å².